The van der Waals surface area contributed by atoms with Crippen LogP contribution in [0.25, 0.3) is 0 Å². The maximum Gasteiger partial charge on any atom is 0.252 e. The highest BCUT2D eigenvalue weighted by Gasteiger charge is 2.22. The minimum atomic E-state index is -0.774. The van der Waals surface area contributed by atoms with Crippen LogP contribution in [0.3, 0.4) is 0 Å². The lowest BCUT2D eigenvalue weighted by molar-refractivity contribution is -0.120. The van der Waals surface area contributed by atoms with Crippen molar-refractivity contribution in [2.75, 3.05) is 5.73 Å². The highest BCUT2D eigenvalue weighted by Crippen LogP contribution is 2.12. The molecule has 0 aliphatic rings. The van der Waals surface area contributed by atoms with Gasteiger partial charge in [-0.3, -0.25) is 9.59 Å². The van der Waals surface area contributed by atoms with Gasteiger partial charge in [-0.25, -0.2) is 4.39 Å². The quantitative estimate of drug-likeness (QED) is 0.687. The van der Waals surface area contributed by atoms with Crippen LogP contribution >= 0.6 is 0 Å². The molecule has 0 saturated heterocycles. The van der Waals surface area contributed by atoms with E-state index in [0.29, 0.717) is 0 Å². The molecule has 0 spiro atoms. The van der Waals surface area contributed by atoms with Crippen LogP contribution in [0.1, 0.15) is 24.2 Å². The number of primary amides is 1. The van der Waals surface area contributed by atoms with E-state index in [1.165, 1.54) is 12.1 Å². The highest BCUT2D eigenvalue weighted by molar-refractivity contribution is 5.98. The first-order chi connectivity index (χ1) is 8.32. The Bertz CT molecular complexity index is 474. The molecule has 0 aliphatic heterocycles. The van der Waals surface area contributed by atoms with Crippen LogP contribution in [0.15, 0.2) is 18.2 Å². The minimum absolute atomic E-state index is 0.122. The summed E-state index contributed by atoms with van der Waals surface area (Å²) >= 11 is 0. The first-order valence-electron chi connectivity index (χ1n) is 5.48. The first kappa shape index (κ1) is 14.0. The van der Waals surface area contributed by atoms with E-state index in [4.69, 9.17) is 11.5 Å². The number of amides is 2. The van der Waals surface area contributed by atoms with Crippen molar-refractivity contribution in [3.8, 4) is 0 Å². The predicted octanol–water partition coefficient (Wildman–Crippen LogP) is 0.648. The van der Waals surface area contributed by atoms with Gasteiger partial charge in [0.25, 0.3) is 5.91 Å². The minimum Gasteiger partial charge on any atom is -0.396 e. The van der Waals surface area contributed by atoms with Crippen molar-refractivity contribution in [3.63, 3.8) is 0 Å². The lowest BCUT2D eigenvalue weighted by Crippen LogP contribution is -2.47. The number of carbonyl (C=O) groups is 2. The van der Waals surface area contributed by atoms with Crippen molar-refractivity contribution in [2.24, 2.45) is 11.7 Å². The fraction of sp³-hybridized carbons (Fsp3) is 0.333. The number of halogens is 1. The van der Waals surface area contributed by atoms with Crippen LogP contribution in [0, 0.1) is 11.7 Å². The molecule has 5 N–H and O–H groups in total. The Balaban J connectivity index is 2.87. The summed E-state index contributed by atoms with van der Waals surface area (Å²) in [4.78, 5) is 23.0. The van der Waals surface area contributed by atoms with Crippen molar-refractivity contribution < 1.29 is 14.0 Å². The average Bonchev–Trinajstić information content (AvgIpc) is 2.28. The highest BCUT2D eigenvalue weighted by atomic mass is 19.1. The second kappa shape index (κ2) is 5.48. The summed E-state index contributed by atoms with van der Waals surface area (Å²) in [7, 11) is 0. The molecule has 0 saturated carbocycles. The Hall–Kier alpha value is -2.11. The molecule has 0 aromatic heterocycles. The van der Waals surface area contributed by atoms with E-state index in [1.807, 2.05) is 0 Å². The van der Waals surface area contributed by atoms with Gasteiger partial charge in [-0.2, -0.15) is 0 Å². The average molecular weight is 253 g/mol. The molecule has 18 heavy (non-hydrogen) atoms. The van der Waals surface area contributed by atoms with Crippen molar-refractivity contribution in [3.05, 3.63) is 29.6 Å². The molecule has 1 rings (SSSR count). The monoisotopic (exact) mass is 253 g/mol. The summed E-state index contributed by atoms with van der Waals surface area (Å²) < 4.78 is 13.0. The summed E-state index contributed by atoms with van der Waals surface area (Å²) in [6.07, 6.45) is 0. The SMILES string of the molecule is CC(C)C(NC(=O)c1ccc(F)c(N)c1)C(N)=O. The number of nitrogens with one attached hydrogen (secondary N) is 1. The van der Waals surface area contributed by atoms with E-state index >= 15 is 0 Å². The molecule has 1 aromatic rings. The Morgan fingerprint density at radius 2 is 1.94 bits per heavy atom. The third-order valence-electron chi connectivity index (χ3n) is 2.52. The van der Waals surface area contributed by atoms with Gasteiger partial charge in [0.1, 0.15) is 11.9 Å². The van der Waals surface area contributed by atoms with Gasteiger partial charge in [0, 0.05) is 5.56 Å². The molecule has 5 nitrogen and oxygen atoms in total. The van der Waals surface area contributed by atoms with E-state index in [2.05, 4.69) is 5.32 Å². The summed E-state index contributed by atoms with van der Waals surface area (Å²) in [6, 6.07) is 2.82. The van der Waals surface area contributed by atoms with Gasteiger partial charge in [-0.1, -0.05) is 13.8 Å². The predicted molar refractivity (Wildman–Crippen MR) is 66.1 cm³/mol. The number of hydrogen-bond acceptors (Lipinski definition) is 3. The molecule has 0 aliphatic carbocycles. The van der Waals surface area contributed by atoms with Crippen LogP contribution in [-0.4, -0.2) is 17.9 Å². The lowest BCUT2D eigenvalue weighted by atomic mass is 10.0. The summed E-state index contributed by atoms with van der Waals surface area (Å²) in [5.74, 6) is -1.86. The number of benzene rings is 1. The fourth-order valence-corrected chi connectivity index (χ4v) is 1.48. The number of nitrogen functional groups attached to an aromatic ring is 1. The summed E-state index contributed by atoms with van der Waals surface area (Å²) in [5.41, 5.74) is 10.6. The maximum absolute atomic E-state index is 13.0. The van der Waals surface area contributed by atoms with Gasteiger partial charge in [-0.05, 0) is 24.1 Å². The zero-order valence-electron chi connectivity index (χ0n) is 10.2. The standard InChI is InChI=1S/C12H16FN3O2/c1-6(2)10(11(15)17)16-12(18)7-3-4-8(13)9(14)5-7/h3-6,10H,14H2,1-2H3,(H2,15,17)(H,16,18). The van der Waals surface area contributed by atoms with Gasteiger partial charge in [0.2, 0.25) is 5.91 Å². The van der Waals surface area contributed by atoms with Crippen molar-refractivity contribution >= 4 is 17.5 Å². The van der Waals surface area contributed by atoms with Crippen LogP contribution in [-0.2, 0) is 4.79 Å². The third-order valence-corrected chi connectivity index (χ3v) is 2.52. The first-order valence-corrected chi connectivity index (χ1v) is 5.48. The van der Waals surface area contributed by atoms with Gasteiger partial charge in [0.05, 0.1) is 5.69 Å². The van der Waals surface area contributed by atoms with Crippen LogP contribution < -0.4 is 16.8 Å². The fourth-order valence-electron chi connectivity index (χ4n) is 1.48. The van der Waals surface area contributed by atoms with Crippen molar-refractivity contribution in [1.29, 1.82) is 0 Å². The van der Waals surface area contributed by atoms with Crippen LogP contribution in [0.5, 0.6) is 0 Å². The van der Waals surface area contributed by atoms with Gasteiger partial charge >= 0.3 is 0 Å². The topological polar surface area (TPSA) is 98.2 Å². The van der Waals surface area contributed by atoms with Gasteiger partial charge in [0.15, 0.2) is 0 Å². The molecule has 1 atom stereocenters. The molecular weight excluding hydrogens is 237 g/mol. The van der Waals surface area contributed by atoms with Gasteiger partial charge in [-0.15, -0.1) is 0 Å². The van der Waals surface area contributed by atoms with Crippen LogP contribution in [0.2, 0.25) is 0 Å². The van der Waals surface area contributed by atoms with Crippen molar-refractivity contribution in [2.45, 2.75) is 19.9 Å². The molecular formula is C12H16FN3O2. The maximum atomic E-state index is 13.0. The molecule has 2 amide bonds. The van der Waals surface area contributed by atoms with Crippen LogP contribution in [0.4, 0.5) is 10.1 Å². The Labute approximate surface area is 104 Å². The Kier molecular flexibility index (Phi) is 4.25. The molecule has 0 heterocycles. The normalized spacial score (nSPS) is 12.2. The number of hydrogen-bond donors (Lipinski definition) is 3. The molecule has 0 fully saturated rings. The van der Waals surface area contributed by atoms with Crippen molar-refractivity contribution in [1.82, 2.24) is 5.32 Å². The Morgan fingerprint density at radius 1 is 1.33 bits per heavy atom. The molecule has 1 aromatic carbocycles. The third kappa shape index (κ3) is 3.19. The van der Waals surface area contributed by atoms with Gasteiger partial charge < -0.3 is 16.8 Å². The summed E-state index contributed by atoms with van der Waals surface area (Å²) in [6.45, 7) is 3.52. The molecule has 6 heteroatoms. The Morgan fingerprint density at radius 3 is 2.39 bits per heavy atom. The molecule has 0 radical (unpaired) electrons. The zero-order valence-corrected chi connectivity index (χ0v) is 10.2. The second-order valence-corrected chi connectivity index (χ2v) is 4.33. The molecule has 1 unspecified atom stereocenters. The number of anilines is 1. The largest absolute Gasteiger partial charge is 0.396 e. The lowest BCUT2D eigenvalue weighted by Gasteiger charge is -2.19. The molecule has 0 bridgehead atoms. The number of rotatable bonds is 4. The van der Waals surface area contributed by atoms with E-state index in [9.17, 15) is 14.0 Å². The number of nitrogens with two attached hydrogens (primary N) is 2. The van der Waals surface area contributed by atoms with E-state index in [-0.39, 0.29) is 17.2 Å². The molecule has 98 valence electrons. The van der Waals surface area contributed by atoms with E-state index in [1.54, 1.807) is 13.8 Å². The second-order valence-electron chi connectivity index (χ2n) is 4.33. The van der Waals surface area contributed by atoms with E-state index in [0.717, 1.165) is 6.07 Å². The van der Waals surface area contributed by atoms with E-state index < -0.39 is 23.7 Å². The smallest absolute Gasteiger partial charge is 0.252 e. The summed E-state index contributed by atoms with van der Waals surface area (Å²) in [5, 5.41) is 2.49. The number of carbonyl (C=O) groups excluding carboxylic acids is 2. The zero-order chi connectivity index (χ0) is 13.9.